The van der Waals surface area contributed by atoms with Gasteiger partial charge in [-0.05, 0) is 31.4 Å². The van der Waals surface area contributed by atoms with Crippen molar-refractivity contribution in [1.29, 1.82) is 0 Å². The molecule has 1 fully saturated rings. The molecule has 3 nitrogen and oxygen atoms in total. The molecule has 5 heteroatoms. The number of halogens is 1. The number of rotatable bonds is 3. The summed E-state index contributed by atoms with van der Waals surface area (Å²) in [7, 11) is 0. The average Bonchev–Trinajstić information content (AvgIpc) is 3.00. The van der Waals surface area contributed by atoms with Crippen molar-refractivity contribution < 1.29 is 13.9 Å². The zero-order chi connectivity index (χ0) is 16.4. The van der Waals surface area contributed by atoms with Gasteiger partial charge in [-0.3, -0.25) is 4.79 Å². The third-order valence-corrected chi connectivity index (χ3v) is 5.05. The van der Waals surface area contributed by atoms with Crippen LogP contribution in [0.2, 0.25) is 0 Å². The Kier molecular flexibility index (Phi) is 4.50. The molecular weight excluding hydrogens is 313 g/mol. The summed E-state index contributed by atoms with van der Waals surface area (Å²) in [5.41, 5.74) is 0.118. The van der Waals surface area contributed by atoms with E-state index in [4.69, 9.17) is 4.74 Å². The highest BCUT2D eigenvalue weighted by molar-refractivity contribution is 7.10. The van der Waals surface area contributed by atoms with E-state index in [-0.39, 0.29) is 11.7 Å². The smallest absolute Gasteiger partial charge is 0.228 e. The first-order valence-electron chi connectivity index (χ1n) is 7.66. The quantitative estimate of drug-likeness (QED) is 0.855. The van der Waals surface area contributed by atoms with Crippen LogP contribution >= 0.6 is 11.3 Å². The van der Waals surface area contributed by atoms with Gasteiger partial charge in [0.15, 0.2) is 0 Å². The van der Waals surface area contributed by atoms with Crippen LogP contribution < -0.4 is 0 Å². The summed E-state index contributed by atoms with van der Waals surface area (Å²) in [5.74, 6) is -0.232. The van der Waals surface area contributed by atoms with Crippen LogP contribution in [0, 0.1) is 5.82 Å². The molecule has 0 radical (unpaired) electrons. The van der Waals surface area contributed by atoms with Gasteiger partial charge < -0.3 is 9.64 Å². The summed E-state index contributed by atoms with van der Waals surface area (Å²) in [5, 5.41) is 1.97. The van der Waals surface area contributed by atoms with Crippen molar-refractivity contribution >= 4 is 17.2 Å². The van der Waals surface area contributed by atoms with Crippen molar-refractivity contribution in [3.05, 3.63) is 58.0 Å². The van der Waals surface area contributed by atoms with Gasteiger partial charge in [0.25, 0.3) is 0 Å². The number of morpholine rings is 1. The SMILES string of the molecule is CC1(C)COC(c2ccccc2F)CN1C(=O)Cc1cccs1. The van der Waals surface area contributed by atoms with Crippen LogP contribution in [0.3, 0.4) is 0 Å². The van der Waals surface area contributed by atoms with Crippen LogP contribution in [-0.4, -0.2) is 29.5 Å². The number of amides is 1. The molecule has 1 saturated heterocycles. The van der Waals surface area contributed by atoms with Crippen LogP contribution in [0.15, 0.2) is 41.8 Å². The van der Waals surface area contributed by atoms with Crippen molar-refractivity contribution in [3.63, 3.8) is 0 Å². The first-order chi connectivity index (χ1) is 11.0. The Morgan fingerprint density at radius 2 is 2.13 bits per heavy atom. The summed E-state index contributed by atoms with van der Waals surface area (Å²) in [6.07, 6.45) is -0.0398. The van der Waals surface area contributed by atoms with Crippen molar-refractivity contribution in [2.45, 2.75) is 31.9 Å². The summed E-state index contributed by atoms with van der Waals surface area (Å²) in [4.78, 5) is 15.6. The first kappa shape index (κ1) is 16.1. The zero-order valence-corrected chi connectivity index (χ0v) is 14.1. The van der Waals surface area contributed by atoms with Crippen LogP contribution in [-0.2, 0) is 16.0 Å². The van der Waals surface area contributed by atoms with Crippen molar-refractivity contribution in [2.24, 2.45) is 0 Å². The number of hydrogen-bond acceptors (Lipinski definition) is 3. The Morgan fingerprint density at radius 1 is 1.35 bits per heavy atom. The van der Waals surface area contributed by atoms with Gasteiger partial charge in [0.2, 0.25) is 5.91 Å². The van der Waals surface area contributed by atoms with Crippen LogP contribution in [0.1, 0.15) is 30.4 Å². The van der Waals surface area contributed by atoms with E-state index in [1.807, 2.05) is 36.3 Å². The summed E-state index contributed by atoms with van der Waals surface area (Å²) in [6.45, 7) is 4.73. The minimum Gasteiger partial charge on any atom is -0.369 e. The Labute approximate surface area is 139 Å². The molecule has 2 aromatic rings. The fraction of sp³-hybridized carbons (Fsp3) is 0.389. The number of ether oxygens (including phenoxy) is 1. The lowest BCUT2D eigenvalue weighted by molar-refractivity contribution is -0.154. The van der Waals surface area contributed by atoms with Crippen molar-refractivity contribution in [2.75, 3.05) is 13.2 Å². The van der Waals surface area contributed by atoms with Crippen molar-refractivity contribution in [1.82, 2.24) is 4.90 Å². The first-order valence-corrected chi connectivity index (χ1v) is 8.54. The molecule has 1 aliphatic rings. The Hall–Kier alpha value is -1.72. The second-order valence-electron chi connectivity index (χ2n) is 6.39. The largest absolute Gasteiger partial charge is 0.369 e. The maximum Gasteiger partial charge on any atom is 0.228 e. The molecule has 1 aromatic heterocycles. The molecule has 0 bridgehead atoms. The lowest BCUT2D eigenvalue weighted by atomic mass is 9.97. The Balaban J connectivity index is 1.79. The zero-order valence-electron chi connectivity index (χ0n) is 13.3. The standard InChI is InChI=1S/C18H20FNO2S/c1-18(2)12-22-16(14-7-3-4-8-15(14)19)11-20(18)17(21)10-13-6-5-9-23-13/h3-9,16H,10-12H2,1-2H3. The molecular formula is C18H20FNO2S. The van der Waals surface area contributed by atoms with Crippen LogP contribution in [0.5, 0.6) is 0 Å². The predicted molar refractivity (Wildman–Crippen MR) is 88.9 cm³/mol. The van der Waals surface area contributed by atoms with Crippen LogP contribution in [0.25, 0.3) is 0 Å². The Morgan fingerprint density at radius 3 is 2.83 bits per heavy atom. The maximum atomic E-state index is 14.0. The molecule has 0 spiro atoms. The molecule has 1 unspecified atom stereocenters. The van der Waals surface area contributed by atoms with Gasteiger partial charge in [-0.1, -0.05) is 24.3 Å². The highest BCUT2D eigenvalue weighted by Gasteiger charge is 2.39. The molecule has 0 aliphatic carbocycles. The molecule has 3 rings (SSSR count). The number of hydrogen-bond donors (Lipinski definition) is 0. The minimum absolute atomic E-state index is 0.0575. The van der Waals surface area contributed by atoms with E-state index >= 15 is 0 Å². The molecule has 0 N–H and O–H groups in total. The van der Waals surface area contributed by atoms with Gasteiger partial charge in [0.05, 0.1) is 25.1 Å². The van der Waals surface area contributed by atoms with E-state index in [9.17, 15) is 9.18 Å². The van der Waals surface area contributed by atoms with Gasteiger partial charge in [-0.15, -0.1) is 11.3 Å². The summed E-state index contributed by atoms with van der Waals surface area (Å²) in [6, 6.07) is 10.5. The normalized spacial score (nSPS) is 20.5. The minimum atomic E-state index is -0.420. The molecule has 1 amide bonds. The van der Waals surface area contributed by atoms with E-state index in [1.165, 1.54) is 6.07 Å². The van der Waals surface area contributed by atoms with Crippen molar-refractivity contribution in [3.8, 4) is 0 Å². The van der Waals surface area contributed by atoms with E-state index in [1.54, 1.807) is 29.5 Å². The molecule has 1 aliphatic heterocycles. The number of carbonyl (C=O) groups excluding carboxylic acids is 1. The number of thiophene rings is 1. The third kappa shape index (κ3) is 3.46. The highest BCUT2D eigenvalue weighted by atomic mass is 32.1. The van der Waals surface area contributed by atoms with Gasteiger partial charge >= 0.3 is 0 Å². The fourth-order valence-electron chi connectivity index (χ4n) is 2.87. The summed E-state index contributed by atoms with van der Waals surface area (Å²) >= 11 is 1.58. The van der Waals surface area contributed by atoms with Gasteiger partial charge in [0.1, 0.15) is 11.9 Å². The second-order valence-corrected chi connectivity index (χ2v) is 7.43. The lowest BCUT2D eigenvalue weighted by Crippen LogP contribution is -2.56. The van der Waals surface area contributed by atoms with E-state index in [0.717, 1.165) is 4.88 Å². The van der Waals surface area contributed by atoms with E-state index in [2.05, 4.69) is 0 Å². The highest BCUT2D eigenvalue weighted by Crippen LogP contribution is 2.32. The number of benzene rings is 1. The monoisotopic (exact) mass is 333 g/mol. The number of nitrogens with zero attached hydrogens (tertiary/aromatic N) is 1. The van der Waals surface area contributed by atoms with Gasteiger partial charge in [-0.25, -0.2) is 4.39 Å². The average molecular weight is 333 g/mol. The van der Waals surface area contributed by atoms with E-state index < -0.39 is 11.6 Å². The van der Waals surface area contributed by atoms with Gasteiger partial charge in [0, 0.05) is 10.4 Å². The predicted octanol–water partition coefficient (Wildman–Crippen LogP) is 3.81. The molecule has 1 atom stereocenters. The summed E-state index contributed by atoms with van der Waals surface area (Å²) < 4.78 is 19.9. The number of carbonyl (C=O) groups is 1. The Bertz CT molecular complexity index is 684. The lowest BCUT2D eigenvalue weighted by Gasteiger charge is -2.45. The molecule has 122 valence electrons. The molecule has 1 aromatic carbocycles. The van der Waals surface area contributed by atoms with E-state index in [0.29, 0.717) is 25.1 Å². The van der Waals surface area contributed by atoms with Crippen LogP contribution in [0.4, 0.5) is 4.39 Å². The van der Waals surface area contributed by atoms with Gasteiger partial charge in [-0.2, -0.15) is 0 Å². The molecule has 0 saturated carbocycles. The second kappa shape index (κ2) is 6.42. The topological polar surface area (TPSA) is 29.5 Å². The maximum absolute atomic E-state index is 14.0. The molecule has 2 heterocycles. The fourth-order valence-corrected chi connectivity index (χ4v) is 3.57. The molecule has 23 heavy (non-hydrogen) atoms. The third-order valence-electron chi connectivity index (χ3n) is 4.18.